The average molecular weight is 397 g/mol. The lowest BCUT2D eigenvalue weighted by Crippen LogP contribution is -2.39. The molecule has 28 heavy (non-hydrogen) atoms. The number of carbonyl (C=O) groups excluding carboxylic acids is 2. The number of hydrogen-bond donors (Lipinski definition) is 2. The Bertz CT molecular complexity index is 962. The first-order valence-electron chi connectivity index (χ1n) is 8.66. The minimum absolute atomic E-state index is 0.208. The Labute approximate surface area is 167 Å². The lowest BCUT2D eigenvalue weighted by Gasteiger charge is -2.20. The highest BCUT2D eigenvalue weighted by molar-refractivity contribution is 6.30. The Morgan fingerprint density at radius 3 is 2.25 bits per heavy atom. The van der Waals surface area contributed by atoms with Crippen molar-refractivity contribution in [2.75, 3.05) is 6.54 Å². The third-order valence-electron chi connectivity index (χ3n) is 4.14. The third-order valence-corrected chi connectivity index (χ3v) is 4.37. The summed E-state index contributed by atoms with van der Waals surface area (Å²) in [6.45, 7) is -0.208. The Balaban J connectivity index is 1.69. The monoisotopic (exact) mass is 396 g/mol. The van der Waals surface area contributed by atoms with Crippen LogP contribution >= 0.6 is 11.6 Å². The van der Waals surface area contributed by atoms with Crippen LogP contribution in [0, 0.1) is 5.82 Å². The fourth-order valence-corrected chi connectivity index (χ4v) is 2.97. The standard InChI is InChI=1S/C22H18ClFN2O2/c23-18-8-4-7-17(13-18)21(15-5-2-1-3-6-15)26-20(27)14-25-22(28)16-9-11-19(24)12-10-16/h1-13,21H,14H2,(H,25,28)(H,26,27). The molecule has 3 aromatic rings. The van der Waals surface area contributed by atoms with Crippen LogP contribution in [0.15, 0.2) is 78.9 Å². The van der Waals surface area contributed by atoms with Gasteiger partial charge < -0.3 is 10.6 Å². The molecule has 3 rings (SSSR count). The summed E-state index contributed by atoms with van der Waals surface area (Å²) in [5.74, 6) is -1.24. The van der Waals surface area contributed by atoms with Gasteiger partial charge in [0.1, 0.15) is 5.82 Å². The summed E-state index contributed by atoms with van der Waals surface area (Å²) in [4.78, 5) is 24.6. The van der Waals surface area contributed by atoms with Gasteiger partial charge in [-0.2, -0.15) is 0 Å². The van der Waals surface area contributed by atoms with E-state index in [0.29, 0.717) is 5.02 Å². The number of benzene rings is 3. The van der Waals surface area contributed by atoms with E-state index < -0.39 is 17.8 Å². The van der Waals surface area contributed by atoms with Crippen LogP contribution in [0.1, 0.15) is 27.5 Å². The molecule has 0 saturated carbocycles. The van der Waals surface area contributed by atoms with Crippen molar-refractivity contribution in [2.24, 2.45) is 0 Å². The van der Waals surface area contributed by atoms with Crippen LogP contribution in [-0.2, 0) is 4.79 Å². The van der Waals surface area contributed by atoms with E-state index in [0.717, 1.165) is 11.1 Å². The quantitative estimate of drug-likeness (QED) is 0.658. The Kier molecular flexibility index (Phi) is 6.40. The highest BCUT2D eigenvalue weighted by atomic mass is 35.5. The van der Waals surface area contributed by atoms with Gasteiger partial charge in [-0.05, 0) is 47.5 Å². The van der Waals surface area contributed by atoms with E-state index >= 15 is 0 Å². The maximum Gasteiger partial charge on any atom is 0.251 e. The molecular formula is C22H18ClFN2O2. The van der Waals surface area contributed by atoms with Gasteiger partial charge in [0.25, 0.3) is 5.91 Å². The molecule has 3 aromatic carbocycles. The van der Waals surface area contributed by atoms with Gasteiger partial charge in [-0.3, -0.25) is 9.59 Å². The minimum atomic E-state index is -0.450. The van der Waals surface area contributed by atoms with Gasteiger partial charge >= 0.3 is 0 Å². The average Bonchev–Trinajstić information content (AvgIpc) is 2.71. The maximum absolute atomic E-state index is 13.0. The predicted octanol–water partition coefficient (Wildman–Crippen LogP) is 4.11. The van der Waals surface area contributed by atoms with Crippen LogP contribution in [0.5, 0.6) is 0 Å². The summed E-state index contributed by atoms with van der Waals surface area (Å²) in [6, 6.07) is 21.4. The molecule has 0 bridgehead atoms. The largest absolute Gasteiger partial charge is 0.344 e. The second-order valence-corrected chi connectivity index (χ2v) is 6.59. The normalized spacial score (nSPS) is 11.5. The molecule has 0 aliphatic rings. The predicted molar refractivity (Wildman–Crippen MR) is 107 cm³/mol. The number of halogens is 2. The number of hydrogen-bond acceptors (Lipinski definition) is 2. The first kappa shape index (κ1) is 19.6. The second-order valence-electron chi connectivity index (χ2n) is 6.16. The zero-order valence-corrected chi connectivity index (χ0v) is 15.6. The summed E-state index contributed by atoms with van der Waals surface area (Å²) in [6.07, 6.45) is 0. The van der Waals surface area contributed by atoms with E-state index in [1.807, 2.05) is 42.5 Å². The third kappa shape index (κ3) is 5.18. The van der Waals surface area contributed by atoms with Crippen LogP contribution < -0.4 is 10.6 Å². The molecule has 1 atom stereocenters. The van der Waals surface area contributed by atoms with E-state index in [2.05, 4.69) is 10.6 Å². The summed E-state index contributed by atoms with van der Waals surface area (Å²) in [7, 11) is 0. The van der Waals surface area contributed by atoms with Crippen LogP contribution in [0.3, 0.4) is 0 Å². The van der Waals surface area contributed by atoms with Gasteiger partial charge in [0.05, 0.1) is 12.6 Å². The molecule has 0 aliphatic heterocycles. The Morgan fingerprint density at radius 1 is 0.893 bits per heavy atom. The van der Waals surface area contributed by atoms with Crippen molar-refractivity contribution in [3.05, 3.63) is 106 Å². The van der Waals surface area contributed by atoms with Crippen LogP contribution in [-0.4, -0.2) is 18.4 Å². The van der Waals surface area contributed by atoms with Crippen molar-refractivity contribution in [1.29, 1.82) is 0 Å². The molecule has 0 aliphatic carbocycles. The second kappa shape index (κ2) is 9.15. The van der Waals surface area contributed by atoms with E-state index in [1.165, 1.54) is 24.3 Å². The zero-order valence-electron chi connectivity index (χ0n) is 14.9. The molecule has 0 spiro atoms. The Morgan fingerprint density at radius 2 is 1.57 bits per heavy atom. The number of carbonyl (C=O) groups is 2. The number of nitrogens with one attached hydrogen (secondary N) is 2. The van der Waals surface area contributed by atoms with E-state index in [1.54, 1.807) is 12.1 Å². The van der Waals surface area contributed by atoms with Gasteiger partial charge in [-0.25, -0.2) is 4.39 Å². The van der Waals surface area contributed by atoms with Crippen molar-refractivity contribution in [3.63, 3.8) is 0 Å². The van der Waals surface area contributed by atoms with Crippen molar-refractivity contribution in [2.45, 2.75) is 6.04 Å². The molecule has 0 heterocycles. The van der Waals surface area contributed by atoms with Gasteiger partial charge in [-0.15, -0.1) is 0 Å². The molecule has 0 radical (unpaired) electrons. The highest BCUT2D eigenvalue weighted by Gasteiger charge is 2.17. The molecule has 4 nitrogen and oxygen atoms in total. The lowest BCUT2D eigenvalue weighted by molar-refractivity contribution is -0.120. The van der Waals surface area contributed by atoms with Crippen LogP contribution in [0.2, 0.25) is 5.02 Å². The van der Waals surface area contributed by atoms with E-state index in [-0.39, 0.29) is 18.0 Å². The molecule has 6 heteroatoms. The highest BCUT2D eigenvalue weighted by Crippen LogP contribution is 2.24. The molecule has 0 saturated heterocycles. The smallest absolute Gasteiger partial charge is 0.251 e. The first-order valence-corrected chi connectivity index (χ1v) is 9.04. The summed E-state index contributed by atoms with van der Waals surface area (Å²) >= 11 is 6.10. The molecule has 1 unspecified atom stereocenters. The number of rotatable bonds is 6. The van der Waals surface area contributed by atoms with Crippen molar-refractivity contribution >= 4 is 23.4 Å². The van der Waals surface area contributed by atoms with E-state index in [4.69, 9.17) is 11.6 Å². The summed E-state index contributed by atoms with van der Waals surface area (Å²) in [5, 5.41) is 6.03. The fourth-order valence-electron chi connectivity index (χ4n) is 2.77. The Hall–Kier alpha value is -3.18. The molecule has 2 N–H and O–H groups in total. The van der Waals surface area contributed by atoms with Crippen molar-refractivity contribution < 1.29 is 14.0 Å². The molecular weight excluding hydrogens is 379 g/mol. The van der Waals surface area contributed by atoms with Gasteiger partial charge in [0.2, 0.25) is 5.91 Å². The summed E-state index contributed by atoms with van der Waals surface area (Å²) < 4.78 is 13.0. The summed E-state index contributed by atoms with van der Waals surface area (Å²) in [5.41, 5.74) is 2.00. The van der Waals surface area contributed by atoms with Gasteiger partial charge in [-0.1, -0.05) is 54.1 Å². The minimum Gasteiger partial charge on any atom is -0.344 e. The fraction of sp³-hybridized carbons (Fsp3) is 0.0909. The van der Waals surface area contributed by atoms with Gasteiger partial charge in [0.15, 0.2) is 0 Å². The number of amides is 2. The van der Waals surface area contributed by atoms with Crippen LogP contribution in [0.25, 0.3) is 0 Å². The molecule has 0 aromatic heterocycles. The molecule has 142 valence electrons. The van der Waals surface area contributed by atoms with Crippen molar-refractivity contribution in [1.82, 2.24) is 10.6 Å². The molecule has 0 fully saturated rings. The van der Waals surface area contributed by atoms with E-state index in [9.17, 15) is 14.0 Å². The van der Waals surface area contributed by atoms with Gasteiger partial charge in [0, 0.05) is 10.6 Å². The molecule has 2 amide bonds. The SMILES string of the molecule is O=C(CNC(=O)c1ccc(F)cc1)NC(c1ccccc1)c1cccc(Cl)c1. The first-order chi connectivity index (χ1) is 13.5. The lowest BCUT2D eigenvalue weighted by atomic mass is 9.98. The van der Waals surface area contributed by atoms with Crippen molar-refractivity contribution in [3.8, 4) is 0 Å². The maximum atomic E-state index is 13.0. The zero-order chi connectivity index (χ0) is 19.9. The van der Waals surface area contributed by atoms with Crippen LogP contribution in [0.4, 0.5) is 4.39 Å². The topological polar surface area (TPSA) is 58.2 Å².